The van der Waals surface area contributed by atoms with Gasteiger partial charge >= 0.3 is 0 Å². The molecule has 0 N–H and O–H groups in total. The van der Waals surface area contributed by atoms with Crippen LogP contribution in [-0.4, -0.2) is 0 Å². The zero-order chi connectivity index (χ0) is 37.8. The van der Waals surface area contributed by atoms with E-state index in [1.165, 1.54) is 43.8 Å². The van der Waals surface area contributed by atoms with E-state index in [1.807, 2.05) is 30.3 Å². The summed E-state index contributed by atoms with van der Waals surface area (Å²) in [5.41, 5.74) is 10.6. The minimum atomic E-state index is 0.0347. The summed E-state index contributed by atoms with van der Waals surface area (Å²) in [6, 6.07) is 48.4. The fourth-order valence-corrected chi connectivity index (χ4v) is 7.86. The van der Waals surface area contributed by atoms with Crippen LogP contribution in [0.15, 0.2) is 145 Å². The Labute approximate surface area is 318 Å². The van der Waals surface area contributed by atoms with Crippen molar-refractivity contribution in [1.82, 2.24) is 0 Å². The largest absolute Gasteiger partial charge is 0.314 e. The Hall–Kier alpha value is -6.36. The van der Waals surface area contributed by atoms with Gasteiger partial charge in [-0.1, -0.05) is 102 Å². The molecule has 1 aliphatic carbocycles. The lowest BCUT2D eigenvalue weighted by Crippen LogP contribution is -2.19. The van der Waals surface area contributed by atoms with Gasteiger partial charge in [0.25, 0.3) is 0 Å². The van der Waals surface area contributed by atoms with E-state index < -0.39 is 0 Å². The molecule has 0 unspecified atom stereocenters. The minimum Gasteiger partial charge on any atom is -0.314 e. The highest BCUT2D eigenvalue weighted by Crippen LogP contribution is 2.47. The average molecular weight is 701 g/mol. The van der Waals surface area contributed by atoms with Crippen LogP contribution >= 0.6 is 0 Å². The summed E-state index contributed by atoms with van der Waals surface area (Å²) in [7, 11) is 0. The molecular weight excluding hydrogens is 657 g/mol. The molecule has 0 aromatic heterocycles. The Kier molecular flexibility index (Phi) is 8.51. The topological polar surface area (TPSA) is 54.1 Å². The van der Waals surface area contributed by atoms with Crippen LogP contribution in [0.25, 0.3) is 32.3 Å². The van der Waals surface area contributed by atoms with Crippen molar-refractivity contribution in [3.8, 4) is 12.1 Å². The fourth-order valence-electron chi connectivity index (χ4n) is 7.86. The molecule has 4 nitrogen and oxygen atoms in total. The van der Waals surface area contributed by atoms with E-state index in [9.17, 15) is 10.5 Å². The maximum absolute atomic E-state index is 9.65. The molecular formula is C50H44N4. The van der Waals surface area contributed by atoms with E-state index in [1.54, 1.807) is 0 Å². The number of hydrogen-bond donors (Lipinski definition) is 0. The summed E-state index contributed by atoms with van der Waals surface area (Å²) in [6.45, 7) is 13.5. The number of nitriles is 2. The molecule has 0 spiro atoms. The summed E-state index contributed by atoms with van der Waals surface area (Å²) < 4.78 is 0. The smallest absolute Gasteiger partial charge is 0.0991 e. The van der Waals surface area contributed by atoms with Gasteiger partial charge in [0, 0.05) is 39.1 Å². The standard InChI is InChI=1S/C50H44N4/c1-49(2,3)37-15-23-41(24-16-37)53(39-19-7-33(31-51)8-20-39)45-29-13-35-12-28-44-46(30-14-36-11-27-43(45)47(35)48(36)44)54(40-21-9-34(32-52)10-22-40)42-25-17-38(18-26-42)50(4,5)6/h7-9,11-21,23-30H,10,22H2,1-6H3. The lowest BCUT2D eigenvalue weighted by molar-refractivity contribution is 0.590. The molecule has 7 aromatic carbocycles. The molecule has 0 bridgehead atoms. The molecule has 4 heteroatoms. The van der Waals surface area contributed by atoms with Crippen molar-refractivity contribution >= 4 is 60.8 Å². The second-order valence-electron chi connectivity index (χ2n) is 16.5. The van der Waals surface area contributed by atoms with E-state index >= 15 is 0 Å². The Bertz CT molecular complexity index is 2670. The molecule has 264 valence electrons. The number of allylic oxidation sites excluding steroid dienone is 4. The maximum atomic E-state index is 9.65. The Morgan fingerprint density at radius 2 is 0.907 bits per heavy atom. The normalized spacial score (nSPS) is 13.4. The van der Waals surface area contributed by atoms with Crippen LogP contribution in [0, 0.1) is 22.7 Å². The van der Waals surface area contributed by atoms with Gasteiger partial charge in [-0.2, -0.15) is 10.5 Å². The number of hydrogen-bond acceptors (Lipinski definition) is 4. The molecule has 0 atom stereocenters. The molecule has 0 aliphatic heterocycles. The number of benzene rings is 7. The van der Waals surface area contributed by atoms with Gasteiger partial charge in [-0.3, -0.25) is 0 Å². The van der Waals surface area contributed by atoms with Gasteiger partial charge in [0.1, 0.15) is 0 Å². The summed E-state index contributed by atoms with van der Waals surface area (Å²) in [6.07, 6.45) is 5.59. The fraction of sp³-hybridized carbons (Fsp3) is 0.200. The third kappa shape index (κ3) is 6.15. The third-order valence-corrected chi connectivity index (χ3v) is 10.9. The van der Waals surface area contributed by atoms with Crippen molar-refractivity contribution in [1.29, 1.82) is 10.5 Å². The van der Waals surface area contributed by atoms with Gasteiger partial charge in [0.15, 0.2) is 0 Å². The zero-order valence-electron chi connectivity index (χ0n) is 31.9. The first-order valence-corrected chi connectivity index (χ1v) is 18.8. The molecule has 0 heterocycles. The Balaban J connectivity index is 1.35. The Morgan fingerprint density at radius 3 is 1.33 bits per heavy atom. The molecule has 8 rings (SSSR count). The second kappa shape index (κ2) is 13.2. The van der Waals surface area contributed by atoms with Gasteiger partial charge in [0.05, 0.1) is 29.1 Å². The zero-order valence-corrected chi connectivity index (χ0v) is 31.9. The van der Waals surface area contributed by atoms with Crippen LogP contribution in [0.5, 0.6) is 0 Å². The van der Waals surface area contributed by atoms with Gasteiger partial charge in [-0.05, 0) is 129 Å². The van der Waals surface area contributed by atoms with Crippen molar-refractivity contribution in [3.63, 3.8) is 0 Å². The van der Waals surface area contributed by atoms with E-state index in [0.29, 0.717) is 5.56 Å². The van der Waals surface area contributed by atoms with E-state index in [0.717, 1.165) is 52.2 Å². The molecule has 0 radical (unpaired) electrons. The van der Waals surface area contributed by atoms with Crippen molar-refractivity contribution < 1.29 is 0 Å². The number of anilines is 5. The lowest BCUT2D eigenvalue weighted by Gasteiger charge is -2.32. The van der Waals surface area contributed by atoms with Crippen LogP contribution in [0.2, 0.25) is 0 Å². The van der Waals surface area contributed by atoms with E-state index in [2.05, 4.69) is 167 Å². The number of rotatable bonds is 6. The van der Waals surface area contributed by atoms with Crippen LogP contribution in [0.1, 0.15) is 71.1 Å². The van der Waals surface area contributed by atoms with Crippen molar-refractivity contribution in [2.24, 2.45) is 0 Å². The van der Waals surface area contributed by atoms with Crippen molar-refractivity contribution in [2.75, 3.05) is 9.80 Å². The Morgan fingerprint density at radius 1 is 0.463 bits per heavy atom. The first-order valence-electron chi connectivity index (χ1n) is 18.8. The SMILES string of the molecule is CC(C)(C)c1ccc(N(C2=CC=C(C#N)CC2)c2ccc3ccc4c(N(c5ccc(C#N)cc5)c5ccc(C(C)(C)C)cc5)ccc5ccc2c3c54)cc1. The van der Waals surface area contributed by atoms with E-state index in [4.69, 9.17) is 0 Å². The second-order valence-corrected chi connectivity index (χ2v) is 16.5. The molecule has 1 aliphatic rings. The highest BCUT2D eigenvalue weighted by Gasteiger charge is 2.24. The third-order valence-electron chi connectivity index (χ3n) is 10.9. The highest BCUT2D eigenvalue weighted by molar-refractivity contribution is 6.28. The first-order chi connectivity index (χ1) is 25.9. The van der Waals surface area contributed by atoms with Gasteiger partial charge < -0.3 is 9.80 Å². The van der Waals surface area contributed by atoms with Gasteiger partial charge in [0.2, 0.25) is 0 Å². The summed E-state index contributed by atoms with van der Waals surface area (Å²) in [4.78, 5) is 4.71. The van der Waals surface area contributed by atoms with Crippen molar-refractivity contribution in [3.05, 3.63) is 161 Å². The molecule has 54 heavy (non-hydrogen) atoms. The van der Waals surface area contributed by atoms with Crippen LogP contribution in [0.4, 0.5) is 28.4 Å². The lowest BCUT2D eigenvalue weighted by atomic mass is 9.87. The quantitative estimate of drug-likeness (QED) is 0.162. The number of nitrogens with zero attached hydrogens (tertiary/aromatic N) is 4. The molecule has 0 fully saturated rings. The average Bonchev–Trinajstić information content (AvgIpc) is 3.18. The molecule has 0 amide bonds. The van der Waals surface area contributed by atoms with Crippen LogP contribution < -0.4 is 9.80 Å². The summed E-state index contributed by atoms with van der Waals surface area (Å²) in [5.74, 6) is 0. The highest BCUT2D eigenvalue weighted by atomic mass is 15.2. The maximum Gasteiger partial charge on any atom is 0.0991 e. The summed E-state index contributed by atoms with van der Waals surface area (Å²) >= 11 is 0. The van der Waals surface area contributed by atoms with Crippen LogP contribution in [-0.2, 0) is 10.8 Å². The minimum absolute atomic E-state index is 0.0347. The first kappa shape index (κ1) is 34.7. The van der Waals surface area contributed by atoms with E-state index in [-0.39, 0.29) is 10.8 Å². The van der Waals surface area contributed by atoms with Gasteiger partial charge in [-0.15, -0.1) is 0 Å². The van der Waals surface area contributed by atoms with Gasteiger partial charge in [-0.25, -0.2) is 0 Å². The predicted octanol–water partition coefficient (Wildman–Crippen LogP) is 13.8. The molecule has 0 saturated carbocycles. The summed E-state index contributed by atoms with van der Waals surface area (Å²) in [5, 5.41) is 26.4. The predicted molar refractivity (Wildman–Crippen MR) is 227 cm³/mol. The monoisotopic (exact) mass is 700 g/mol. The molecule has 0 saturated heterocycles. The van der Waals surface area contributed by atoms with Crippen LogP contribution in [0.3, 0.4) is 0 Å². The van der Waals surface area contributed by atoms with Crippen molar-refractivity contribution in [2.45, 2.75) is 65.2 Å². The molecule has 7 aromatic rings.